The zero-order chi connectivity index (χ0) is 62.1. The van der Waals surface area contributed by atoms with Crippen molar-refractivity contribution in [3.05, 3.63) is 332 Å². The predicted octanol–water partition coefficient (Wildman–Crippen LogP) is 22.7. The molecule has 0 atom stereocenters. The van der Waals surface area contributed by atoms with E-state index in [4.69, 9.17) is 6.57 Å². The molecule has 5 heterocycles. The number of nitriles is 1. The van der Waals surface area contributed by atoms with Gasteiger partial charge in [0.2, 0.25) is 0 Å². The van der Waals surface area contributed by atoms with Gasteiger partial charge in [-0.3, -0.25) is 0 Å². The molecule has 0 saturated heterocycles. The van der Waals surface area contributed by atoms with Gasteiger partial charge in [0.15, 0.2) is 5.69 Å². The summed E-state index contributed by atoms with van der Waals surface area (Å²) in [5.74, 6) is 0. The summed E-state index contributed by atoms with van der Waals surface area (Å²) in [6.45, 7) is 8.88. The van der Waals surface area contributed by atoms with Crippen molar-refractivity contribution in [2.24, 2.45) is 0 Å². The van der Waals surface area contributed by atoms with Crippen LogP contribution in [0.15, 0.2) is 315 Å². The predicted molar refractivity (Wildman–Crippen MR) is 389 cm³/mol. The highest BCUT2D eigenvalue weighted by molar-refractivity contribution is 6.20. The Morgan fingerprint density at radius 3 is 0.862 bits per heavy atom. The lowest BCUT2D eigenvalue weighted by Crippen LogP contribution is -2.18. The summed E-state index contributed by atoms with van der Waals surface area (Å²) in [6, 6.07) is 116. The van der Waals surface area contributed by atoms with Crippen LogP contribution in [0.2, 0.25) is 0 Å². The first-order chi connectivity index (χ1) is 46.6. The summed E-state index contributed by atoms with van der Waals surface area (Å²) in [6.07, 6.45) is 0. The van der Waals surface area contributed by atoms with Gasteiger partial charge in [-0.25, -0.2) is 4.85 Å². The van der Waals surface area contributed by atoms with Crippen molar-refractivity contribution < 1.29 is 0 Å². The average molecular weight is 1200 g/mol. The van der Waals surface area contributed by atoms with E-state index in [9.17, 15) is 5.26 Å². The van der Waals surface area contributed by atoms with E-state index in [1.165, 1.54) is 0 Å². The van der Waals surface area contributed by atoms with Gasteiger partial charge in [0.05, 0.1) is 96.2 Å². The van der Waals surface area contributed by atoms with E-state index < -0.39 is 0 Å². The second-order valence-electron chi connectivity index (χ2n) is 24.1. The number of nitrogens with zero attached hydrogens (tertiary/aromatic N) is 8. The number of rotatable bonds is 9. The minimum absolute atomic E-state index is 0.356. The van der Waals surface area contributed by atoms with E-state index in [1.54, 1.807) is 6.07 Å². The van der Waals surface area contributed by atoms with Gasteiger partial charge in [-0.05, 0) is 121 Å². The lowest BCUT2D eigenvalue weighted by molar-refractivity contribution is 1.00. The molecule has 8 nitrogen and oxygen atoms in total. The van der Waals surface area contributed by atoms with Gasteiger partial charge in [0, 0.05) is 82.1 Å². The molecular weight excluding hydrogens is 1150 g/mol. The zero-order valence-electron chi connectivity index (χ0n) is 50.6. The maximum absolute atomic E-state index is 11.4. The molecule has 0 aliphatic carbocycles. The SMILES string of the molecule is [C-]#[N+]c1cc(C#N)cc(-c2c(-n3c4ccccc4c4ccccc43)c(-n3c4ccccc4c4ccccc43)c(-n3c4ccccc4c4cc(N(c5ccccc5)c5ccccc5)ccc43)c(-n3c4ccccc4c4ccccc43)c2-n2c3ccccc3c3ccccc32)c1. The van der Waals surface area contributed by atoms with Gasteiger partial charge in [0.1, 0.15) is 0 Å². The maximum atomic E-state index is 11.4. The summed E-state index contributed by atoms with van der Waals surface area (Å²) >= 11 is 0. The van der Waals surface area contributed by atoms with Crippen LogP contribution in [0.4, 0.5) is 22.7 Å². The fourth-order valence-corrected chi connectivity index (χ4v) is 15.5. The normalized spacial score (nSPS) is 11.8. The number of hydrogen-bond donors (Lipinski definition) is 0. The molecule has 0 aliphatic rings. The number of hydrogen-bond acceptors (Lipinski definition) is 2. The fourth-order valence-electron chi connectivity index (χ4n) is 15.5. The third kappa shape index (κ3) is 7.60. The van der Waals surface area contributed by atoms with Crippen molar-refractivity contribution in [2.75, 3.05) is 4.90 Å². The first-order valence-corrected chi connectivity index (χ1v) is 31.7. The van der Waals surface area contributed by atoms with Crippen LogP contribution in [0.25, 0.3) is 153 Å². The van der Waals surface area contributed by atoms with E-state index in [0.717, 1.165) is 160 Å². The summed E-state index contributed by atoms with van der Waals surface area (Å²) in [5, 5.41) is 22.2. The van der Waals surface area contributed by atoms with Crippen LogP contribution in [0.5, 0.6) is 0 Å². The Bertz CT molecular complexity index is 5920. The smallest absolute Gasteiger partial charge is 0.189 e. The molecule has 0 fully saturated rings. The van der Waals surface area contributed by atoms with Crippen molar-refractivity contribution in [1.29, 1.82) is 5.26 Å². The molecular formula is C86H52N8. The van der Waals surface area contributed by atoms with Crippen LogP contribution in [0.3, 0.4) is 0 Å². The number of anilines is 3. The molecule has 0 unspecified atom stereocenters. The molecule has 14 aromatic carbocycles. The Hall–Kier alpha value is -13.1. The van der Waals surface area contributed by atoms with Crippen molar-refractivity contribution >= 4 is 132 Å². The monoisotopic (exact) mass is 1200 g/mol. The quantitative estimate of drug-likeness (QED) is 0.135. The third-order valence-electron chi connectivity index (χ3n) is 19.2. The number of benzene rings is 14. The molecule has 0 aliphatic heterocycles. The molecule has 0 amide bonds. The average Bonchev–Trinajstić information content (AvgIpc) is 1.44. The molecule has 5 aromatic heterocycles. The second-order valence-corrected chi connectivity index (χ2v) is 24.1. The van der Waals surface area contributed by atoms with E-state index in [-0.39, 0.29) is 0 Å². The topological polar surface area (TPSA) is 56.0 Å². The van der Waals surface area contributed by atoms with Crippen LogP contribution in [-0.4, -0.2) is 22.8 Å². The Balaban J connectivity index is 1.17. The zero-order valence-corrected chi connectivity index (χ0v) is 50.6. The lowest BCUT2D eigenvalue weighted by Gasteiger charge is -2.32. The second kappa shape index (κ2) is 20.7. The van der Waals surface area contributed by atoms with Gasteiger partial charge < -0.3 is 27.7 Å². The first-order valence-electron chi connectivity index (χ1n) is 31.7. The van der Waals surface area contributed by atoms with Crippen molar-refractivity contribution in [1.82, 2.24) is 22.8 Å². The highest BCUT2D eigenvalue weighted by atomic mass is 15.2. The van der Waals surface area contributed by atoms with Gasteiger partial charge >= 0.3 is 0 Å². The first kappa shape index (κ1) is 52.8. The lowest BCUT2D eigenvalue weighted by atomic mass is 9.93. The van der Waals surface area contributed by atoms with Gasteiger partial charge in [0.25, 0.3) is 0 Å². The van der Waals surface area contributed by atoms with E-state index >= 15 is 0 Å². The van der Waals surface area contributed by atoms with E-state index in [1.807, 2.05) is 12.1 Å². The van der Waals surface area contributed by atoms with Crippen LogP contribution in [0, 0.1) is 17.9 Å². The molecule has 0 spiro atoms. The highest BCUT2D eigenvalue weighted by Crippen LogP contribution is 2.55. The van der Waals surface area contributed by atoms with Gasteiger partial charge in [-0.2, -0.15) is 5.26 Å². The Morgan fingerprint density at radius 2 is 0.543 bits per heavy atom. The molecule has 0 N–H and O–H groups in total. The van der Waals surface area contributed by atoms with Crippen molar-refractivity contribution in [3.8, 4) is 45.6 Å². The fraction of sp³-hybridized carbons (Fsp3) is 0. The Labute approximate surface area is 539 Å². The van der Waals surface area contributed by atoms with Crippen LogP contribution < -0.4 is 4.90 Å². The van der Waals surface area contributed by atoms with Crippen LogP contribution >= 0.6 is 0 Å². The van der Waals surface area contributed by atoms with Crippen LogP contribution in [-0.2, 0) is 0 Å². The highest BCUT2D eigenvalue weighted by Gasteiger charge is 2.37. The summed E-state index contributed by atoms with van der Waals surface area (Å²) in [4.78, 5) is 6.56. The number of aromatic nitrogens is 5. The number of para-hydroxylation sites is 11. The van der Waals surface area contributed by atoms with Crippen LogP contribution in [0.1, 0.15) is 5.56 Å². The molecule has 94 heavy (non-hydrogen) atoms. The summed E-state index contributed by atoms with van der Waals surface area (Å²) in [5.41, 5.74) is 19.7. The molecule has 19 rings (SSSR count). The summed E-state index contributed by atoms with van der Waals surface area (Å²) < 4.78 is 12.6. The van der Waals surface area contributed by atoms with E-state index in [2.05, 4.69) is 336 Å². The van der Waals surface area contributed by atoms with Crippen molar-refractivity contribution in [2.45, 2.75) is 0 Å². The molecule has 436 valence electrons. The van der Waals surface area contributed by atoms with E-state index in [0.29, 0.717) is 16.8 Å². The van der Waals surface area contributed by atoms with Crippen molar-refractivity contribution in [3.63, 3.8) is 0 Å². The molecule has 0 bridgehead atoms. The summed E-state index contributed by atoms with van der Waals surface area (Å²) in [7, 11) is 0. The molecule has 8 heteroatoms. The molecule has 19 aromatic rings. The Kier molecular flexibility index (Phi) is 11.6. The molecule has 0 saturated carbocycles. The third-order valence-corrected chi connectivity index (χ3v) is 19.2. The van der Waals surface area contributed by atoms with Gasteiger partial charge in [-0.1, -0.05) is 200 Å². The standard InChI is InChI=1S/C86H52N8/c1-88-57-51-55(54-87)50-56(52-57)81-82(90-71-39-17-8-30-61(71)62-31-9-18-40-72(62)90)84(92-75-43-21-12-34-65(75)66-35-13-22-44-76(66)92)86(94-79-47-25-16-38-69(79)70-53-60(48-49-80(70)94)89(58-26-4-2-5-27-58)59-28-6-3-7-29-59)85(93-77-45-23-14-36-67(77)68-37-15-24-46-78(68)93)83(81)91-73-41-19-10-32-63(73)64-33-11-20-42-74(64)91/h2-53H. The molecule has 0 radical (unpaired) electrons. The largest absolute Gasteiger partial charge is 0.310 e. The minimum atomic E-state index is 0.356. The maximum Gasteiger partial charge on any atom is 0.189 e. The van der Waals surface area contributed by atoms with Gasteiger partial charge in [-0.15, -0.1) is 0 Å². The number of fused-ring (bicyclic) bond motifs is 15. The Morgan fingerprint density at radius 1 is 0.266 bits per heavy atom. The minimum Gasteiger partial charge on any atom is -0.310 e.